The number of rotatable bonds is 6. The molecule has 0 aliphatic rings. The second-order valence-corrected chi connectivity index (χ2v) is 8.04. The van der Waals surface area contributed by atoms with Gasteiger partial charge < -0.3 is 9.88 Å². The van der Waals surface area contributed by atoms with Crippen molar-refractivity contribution in [1.82, 2.24) is 9.88 Å². The molecule has 0 aliphatic carbocycles. The summed E-state index contributed by atoms with van der Waals surface area (Å²) in [4.78, 5) is 12.8. The molecule has 0 fully saturated rings. The largest absolute Gasteiger partial charge is 0.351 e. The van der Waals surface area contributed by atoms with E-state index in [1.807, 2.05) is 36.4 Å². The van der Waals surface area contributed by atoms with E-state index in [4.69, 9.17) is 0 Å². The van der Waals surface area contributed by atoms with Crippen LogP contribution >= 0.6 is 0 Å². The van der Waals surface area contributed by atoms with Crippen LogP contribution in [0.1, 0.15) is 45.6 Å². The number of hydrogen-bond donors (Lipinski definition) is 1. The molecule has 0 saturated heterocycles. The summed E-state index contributed by atoms with van der Waals surface area (Å²) in [5, 5.41) is 4.24. The highest BCUT2D eigenvalue weighted by atomic mass is 16.1. The van der Waals surface area contributed by atoms with Crippen molar-refractivity contribution in [3.8, 4) is 0 Å². The van der Waals surface area contributed by atoms with Crippen LogP contribution in [0.2, 0.25) is 0 Å². The van der Waals surface area contributed by atoms with Crippen molar-refractivity contribution in [2.45, 2.75) is 33.2 Å². The summed E-state index contributed by atoms with van der Waals surface area (Å²) >= 11 is 0. The Morgan fingerprint density at radius 3 is 2.30 bits per heavy atom. The monoisotopic (exact) mass is 396 g/mol. The molecule has 3 nitrogen and oxygen atoms in total. The van der Waals surface area contributed by atoms with Gasteiger partial charge in [0.05, 0.1) is 0 Å². The summed E-state index contributed by atoms with van der Waals surface area (Å²) in [6.07, 6.45) is 0. The van der Waals surface area contributed by atoms with Gasteiger partial charge in [0.25, 0.3) is 5.91 Å². The summed E-state index contributed by atoms with van der Waals surface area (Å²) in [5.74, 6) is 0.252. The fourth-order valence-corrected chi connectivity index (χ4v) is 4.01. The van der Waals surface area contributed by atoms with Crippen molar-refractivity contribution < 1.29 is 4.79 Å². The first-order valence-electron chi connectivity index (χ1n) is 10.5. The predicted octanol–water partition coefficient (Wildman–Crippen LogP) is 5.84. The number of aryl methyl sites for hydroxylation is 1. The summed E-state index contributed by atoms with van der Waals surface area (Å²) in [6, 6.07) is 26.8. The third-order valence-electron chi connectivity index (χ3n) is 6.02. The number of fused-ring (bicyclic) bond motifs is 1. The topological polar surface area (TPSA) is 34.0 Å². The zero-order valence-corrected chi connectivity index (χ0v) is 17.9. The van der Waals surface area contributed by atoms with Crippen molar-refractivity contribution in [3.63, 3.8) is 0 Å². The van der Waals surface area contributed by atoms with E-state index < -0.39 is 0 Å². The SMILES string of the molecule is Cc1c(C)n(Cc2ccccc2)c2ccc(C(=O)NC[C@@H](C)c3ccccc3)cc12. The van der Waals surface area contributed by atoms with E-state index in [1.165, 1.54) is 27.9 Å². The molecule has 4 rings (SSSR count). The number of carbonyl (C=O) groups is 1. The molecular weight excluding hydrogens is 368 g/mol. The molecule has 1 atom stereocenters. The average molecular weight is 397 g/mol. The highest BCUT2D eigenvalue weighted by Gasteiger charge is 2.15. The first-order chi connectivity index (χ1) is 14.5. The average Bonchev–Trinajstić information content (AvgIpc) is 3.03. The number of hydrogen-bond acceptors (Lipinski definition) is 1. The molecular formula is C27H28N2O. The molecule has 1 heterocycles. The molecule has 0 aliphatic heterocycles. The van der Waals surface area contributed by atoms with Crippen molar-refractivity contribution >= 4 is 16.8 Å². The maximum atomic E-state index is 12.8. The van der Waals surface area contributed by atoms with E-state index in [1.54, 1.807) is 0 Å². The lowest BCUT2D eigenvalue weighted by molar-refractivity contribution is 0.0952. The first kappa shape index (κ1) is 20.0. The summed E-state index contributed by atoms with van der Waals surface area (Å²) < 4.78 is 2.33. The fourth-order valence-electron chi connectivity index (χ4n) is 4.01. The van der Waals surface area contributed by atoms with Crippen molar-refractivity contribution in [2.75, 3.05) is 6.54 Å². The van der Waals surface area contributed by atoms with E-state index in [2.05, 4.69) is 73.1 Å². The number of nitrogens with zero attached hydrogens (tertiary/aromatic N) is 1. The van der Waals surface area contributed by atoms with Gasteiger partial charge in [0, 0.05) is 35.2 Å². The Labute approximate surface area is 178 Å². The second kappa shape index (κ2) is 8.58. The van der Waals surface area contributed by atoms with Crippen LogP contribution in [0.15, 0.2) is 78.9 Å². The van der Waals surface area contributed by atoms with E-state index in [9.17, 15) is 4.79 Å². The van der Waals surface area contributed by atoms with Crippen molar-refractivity contribution in [3.05, 3.63) is 107 Å². The molecule has 1 aromatic heterocycles. The van der Waals surface area contributed by atoms with E-state index >= 15 is 0 Å². The standard InChI is InChI=1S/C27H28N2O/c1-19(23-12-8-5-9-13-23)17-28-27(30)24-14-15-26-25(16-24)20(2)21(3)29(26)18-22-10-6-4-7-11-22/h4-16,19H,17-18H2,1-3H3,(H,28,30)/t19-/m1/s1. The lowest BCUT2D eigenvalue weighted by Gasteiger charge is -2.13. The number of nitrogens with one attached hydrogen (secondary N) is 1. The van der Waals surface area contributed by atoms with Crippen LogP contribution in [0.25, 0.3) is 10.9 Å². The molecule has 3 aromatic carbocycles. The van der Waals surface area contributed by atoms with Gasteiger partial charge >= 0.3 is 0 Å². The van der Waals surface area contributed by atoms with Crippen LogP contribution in [0.3, 0.4) is 0 Å². The lowest BCUT2D eigenvalue weighted by atomic mass is 10.0. The van der Waals surface area contributed by atoms with E-state index in [0.717, 1.165) is 11.9 Å². The summed E-state index contributed by atoms with van der Waals surface area (Å²) in [7, 11) is 0. The minimum Gasteiger partial charge on any atom is -0.351 e. The number of benzene rings is 3. The van der Waals surface area contributed by atoms with Crippen LogP contribution in [-0.4, -0.2) is 17.0 Å². The number of amides is 1. The Kier molecular flexibility index (Phi) is 5.71. The van der Waals surface area contributed by atoms with E-state index in [0.29, 0.717) is 12.1 Å². The van der Waals surface area contributed by atoms with Gasteiger partial charge in [-0.1, -0.05) is 67.6 Å². The number of carbonyl (C=O) groups excluding carboxylic acids is 1. The van der Waals surface area contributed by atoms with Crippen LogP contribution in [0.5, 0.6) is 0 Å². The van der Waals surface area contributed by atoms with Crippen LogP contribution in [0.4, 0.5) is 0 Å². The van der Waals surface area contributed by atoms with Gasteiger partial charge in [-0.2, -0.15) is 0 Å². The van der Waals surface area contributed by atoms with Crippen molar-refractivity contribution in [2.24, 2.45) is 0 Å². The normalized spacial score (nSPS) is 12.1. The molecule has 0 bridgehead atoms. The quantitative estimate of drug-likeness (QED) is 0.436. The van der Waals surface area contributed by atoms with Gasteiger partial charge in [0.15, 0.2) is 0 Å². The van der Waals surface area contributed by atoms with Crippen LogP contribution in [-0.2, 0) is 6.54 Å². The summed E-state index contributed by atoms with van der Waals surface area (Å²) in [5.41, 5.74) is 6.86. The smallest absolute Gasteiger partial charge is 0.251 e. The Morgan fingerprint density at radius 1 is 0.933 bits per heavy atom. The fraction of sp³-hybridized carbons (Fsp3) is 0.222. The Hall–Kier alpha value is -3.33. The van der Waals surface area contributed by atoms with Crippen molar-refractivity contribution in [1.29, 1.82) is 0 Å². The first-order valence-corrected chi connectivity index (χ1v) is 10.5. The van der Waals surface area contributed by atoms with Gasteiger partial charge in [-0.25, -0.2) is 0 Å². The minimum atomic E-state index is -0.0208. The second-order valence-electron chi connectivity index (χ2n) is 8.04. The third kappa shape index (κ3) is 4.02. The molecule has 0 radical (unpaired) electrons. The van der Waals surface area contributed by atoms with Gasteiger partial charge in [0.2, 0.25) is 0 Å². The Balaban J connectivity index is 1.54. The number of aromatic nitrogens is 1. The van der Waals surface area contributed by atoms with E-state index in [-0.39, 0.29) is 11.8 Å². The minimum absolute atomic E-state index is 0.0208. The zero-order valence-electron chi connectivity index (χ0n) is 17.9. The lowest BCUT2D eigenvalue weighted by Crippen LogP contribution is -2.27. The van der Waals surface area contributed by atoms with Gasteiger partial charge in [-0.05, 0) is 54.7 Å². The van der Waals surface area contributed by atoms with Gasteiger partial charge in [0.1, 0.15) is 0 Å². The van der Waals surface area contributed by atoms with Gasteiger partial charge in [-0.3, -0.25) is 4.79 Å². The van der Waals surface area contributed by atoms with Crippen LogP contribution in [0, 0.1) is 13.8 Å². The molecule has 1 amide bonds. The molecule has 3 heteroatoms. The zero-order chi connectivity index (χ0) is 21.1. The molecule has 0 unspecified atom stereocenters. The molecule has 0 spiro atoms. The Morgan fingerprint density at radius 2 is 1.60 bits per heavy atom. The van der Waals surface area contributed by atoms with Gasteiger partial charge in [-0.15, -0.1) is 0 Å². The molecule has 4 aromatic rings. The molecule has 152 valence electrons. The molecule has 1 N–H and O–H groups in total. The Bertz CT molecular complexity index is 1160. The summed E-state index contributed by atoms with van der Waals surface area (Å²) in [6.45, 7) is 7.87. The highest BCUT2D eigenvalue weighted by Crippen LogP contribution is 2.27. The van der Waals surface area contributed by atoms with Crippen LogP contribution < -0.4 is 5.32 Å². The maximum absolute atomic E-state index is 12.8. The molecule has 30 heavy (non-hydrogen) atoms. The molecule has 0 saturated carbocycles. The maximum Gasteiger partial charge on any atom is 0.251 e. The highest BCUT2D eigenvalue weighted by molar-refractivity contribution is 5.99. The third-order valence-corrected chi connectivity index (χ3v) is 6.02. The predicted molar refractivity (Wildman–Crippen MR) is 124 cm³/mol.